The van der Waals surface area contributed by atoms with Crippen molar-refractivity contribution in [1.29, 1.82) is 0 Å². The van der Waals surface area contributed by atoms with E-state index >= 15 is 0 Å². The number of carbonyl (C=O) groups excluding carboxylic acids is 1. The summed E-state index contributed by atoms with van der Waals surface area (Å²) in [5, 5.41) is 5.32. The summed E-state index contributed by atoms with van der Waals surface area (Å²) in [6.45, 7) is 6.14. The number of aromatic nitrogens is 1. The van der Waals surface area contributed by atoms with Crippen LogP contribution in [-0.2, 0) is 17.8 Å². The Morgan fingerprint density at radius 1 is 1.09 bits per heavy atom. The van der Waals surface area contributed by atoms with Crippen LogP contribution >= 0.6 is 11.6 Å². The van der Waals surface area contributed by atoms with Crippen molar-refractivity contribution in [3.05, 3.63) is 64.7 Å². The van der Waals surface area contributed by atoms with Gasteiger partial charge in [-0.15, -0.1) is 0 Å². The maximum absolute atomic E-state index is 11.7. The zero-order valence-electron chi connectivity index (χ0n) is 18.6. The summed E-state index contributed by atoms with van der Waals surface area (Å²) in [6, 6.07) is 16.1. The minimum Gasteiger partial charge on any atom is -0.496 e. The molecule has 32 heavy (non-hydrogen) atoms. The lowest BCUT2D eigenvalue weighted by Gasteiger charge is -2.36. The SMILES string of the molecule is COc1ccccc1CCNCc1cc2ccc(Cl)cc2nc1N1CCN(C(C)=O)CC1. The van der Waals surface area contributed by atoms with E-state index in [9.17, 15) is 4.79 Å². The Morgan fingerprint density at radius 2 is 1.88 bits per heavy atom. The number of nitrogens with one attached hydrogen (secondary N) is 1. The standard InChI is InChI=1S/C25H29ClN4O2/c1-18(31)29-11-13-30(14-12-29)25-21(15-20-7-8-22(26)16-23(20)28-25)17-27-10-9-19-5-3-4-6-24(19)32-2/h3-8,15-16,27H,9-14,17H2,1-2H3. The van der Waals surface area contributed by atoms with E-state index in [1.54, 1.807) is 14.0 Å². The van der Waals surface area contributed by atoms with Gasteiger partial charge in [0.25, 0.3) is 0 Å². The number of nitrogens with zero attached hydrogens (tertiary/aromatic N) is 3. The van der Waals surface area contributed by atoms with E-state index in [0.717, 1.165) is 54.1 Å². The molecular formula is C25H29ClN4O2. The molecule has 168 valence electrons. The van der Waals surface area contributed by atoms with Crippen LogP contribution in [0.3, 0.4) is 0 Å². The highest BCUT2D eigenvalue weighted by molar-refractivity contribution is 6.31. The van der Waals surface area contributed by atoms with E-state index in [2.05, 4.69) is 22.3 Å². The van der Waals surface area contributed by atoms with Crippen LogP contribution in [0.5, 0.6) is 5.75 Å². The second kappa shape index (κ2) is 10.2. The molecule has 0 saturated carbocycles. The van der Waals surface area contributed by atoms with E-state index in [1.165, 1.54) is 5.56 Å². The van der Waals surface area contributed by atoms with Crippen LogP contribution in [0.15, 0.2) is 48.5 Å². The van der Waals surface area contributed by atoms with Gasteiger partial charge >= 0.3 is 0 Å². The maximum Gasteiger partial charge on any atom is 0.219 e. The van der Waals surface area contributed by atoms with Crippen molar-refractivity contribution in [2.45, 2.75) is 19.9 Å². The molecule has 2 aromatic carbocycles. The zero-order chi connectivity index (χ0) is 22.5. The van der Waals surface area contributed by atoms with E-state index in [0.29, 0.717) is 24.7 Å². The second-order valence-electron chi connectivity index (χ2n) is 8.04. The van der Waals surface area contributed by atoms with Gasteiger partial charge in [0, 0.05) is 55.6 Å². The summed E-state index contributed by atoms with van der Waals surface area (Å²) in [5.74, 6) is 2.01. The number of piperazine rings is 1. The molecule has 1 amide bonds. The Balaban J connectivity index is 1.51. The molecule has 1 fully saturated rings. The van der Waals surface area contributed by atoms with E-state index in [-0.39, 0.29) is 5.91 Å². The molecule has 4 rings (SSSR count). The van der Waals surface area contributed by atoms with Crippen molar-refractivity contribution in [2.24, 2.45) is 0 Å². The topological polar surface area (TPSA) is 57.7 Å². The van der Waals surface area contributed by atoms with Gasteiger partial charge in [-0.3, -0.25) is 4.79 Å². The van der Waals surface area contributed by atoms with Crippen LogP contribution < -0.4 is 15.0 Å². The highest BCUT2D eigenvalue weighted by Gasteiger charge is 2.22. The van der Waals surface area contributed by atoms with Crippen LogP contribution in [0, 0.1) is 0 Å². The summed E-state index contributed by atoms with van der Waals surface area (Å²) in [7, 11) is 1.71. The number of halogens is 1. The second-order valence-corrected chi connectivity index (χ2v) is 8.48. The normalized spacial score (nSPS) is 14.1. The van der Waals surface area contributed by atoms with Crippen molar-refractivity contribution < 1.29 is 9.53 Å². The maximum atomic E-state index is 11.7. The number of hydrogen-bond donors (Lipinski definition) is 1. The van der Waals surface area contributed by atoms with Gasteiger partial charge in [-0.25, -0.2) is 4.98 Å². The molecular weight excluding hydrogens is 424 g/mol. The molecule has 0 unspecified atom stereocenters. The number of fused-ring (bicyclic) bond motifs is 1. The quantitative estimate of drug-likeness (QED) is 0.551. The number of pyridine rings is 1. The first kappa shape index (κ1) is 22.4. The van der Waals surface area contributed by atoms with Crippen molar-refractivity contribution in [3.8, 4) is 5.75 Å². The van der Waals surface area contributed by atoms with Gasteiger partial charge in [0.1, 0.15) is 11.6 Å². The number of anilines is 1. The Morgan fingerprint density at radius 3 is 2.62 bits per heavy atom. The number of hydrogen-bond acceptors (Lipinski definition) is 5. The number of carbonyl (C=O) groups is 1. The minimum atomic E-state index is 0.126. The molecule has 3 aromatic rings. The van der Waals surface area contributed by atoms with Gasteiger partial charge in [0.15, 0.2) is 0 Å². The number of amides is 1. The molecule has 0 aliphatic carbocycles. The molecule has 1 aliphatic rings. The molecule has 0 radical (unpaired) electrons. The first-order chi connectivity index (χ1) is 15.5. The number of para-hydroxylation sites is 1. The average Bonchev–Trinajstić information content (AvgIpc) is 2.81. The summed E-state index contributed by atoms with van der Waals surface area (Å²) in [4.78, 5) is 20.9. The molecule has 6 nitrogen and oxygen atoms in total. The van der Waals surface area contributed by atoms with Gasteiger partial charge in [0.2, 0.25) is 5.91 Å². The van der Waals surface area contributed by atoms with Gasteiger partial charge in [-0.2, -0.15) is 0 Å². The van der Waals surface area contributed by atoms with Crippen molar-refractivity contribution in [2.75, 3.05) is 44.7 Å². The zero-order valence-corrected chi connectivity index (χ0v) is 19.4. The molecule has 0 bridgehead atoms. The molecule has 1 saturated heterocycles. The van der Waals surface area contributed by atoms with Gasteiger partial charge in [0.05, 0.1) is 12.6 Å². The third-order valence-corrected chi connectivity index (χ3v) is 6.17. The Kier molecular flexibility index (Phi) is 7.12. The molecule has 2 heterocycles. The van der Waals surface area contributed by atoms with Gasteiger partial charge in [-0.1, -0.05) is 35.9 Å². The average molecular weight is 453 g/mol. The Bertz CT molecular complexity index is 1100. The van der Waals surface area contributed by atoms with Crippen LogP contribution in [-0.4, -0.2) is 55.6 Å². The first-order valence-electron chi connectivity index (χ1n) is 11.0. The fourth-order valence-corrected chi connectivity index (χ4v) is 4.33. The van der Waals surface area contributed by atoms with E-state index < -0.39 is 0 Å². The highest BCUT2D eigenvalue weighted by Crippen LogP contribution is 2.27. The van der Waals surface area contributed by atoms with Gasteiger partial charge < -0.3 is 19.9 Å². The molecule has 1 N–H and O–H groups in total. The predicted octanol–water partition coefficient (Wildman–Crippen LogP) is 3.90. The van der Waals surface area contributed by atoms with Gasteiger partial charge in [-0.05, 0) is 42.8 Å². The van der Waals surface area contributed by atoms with Crippen LogP contribution in [0.25, 0.3) is 10.9 Å². The molecule has 1 aliphatic heterocycles. The van der Waals surface area contributed by atoms with Crippen molar-refractivity contribution in [3.63, 3.8) is 0 Å². The lowest BCUT2D eigenvalue weighted by atomic mass is 10.1. The molecule has 0 spiro atoms. The van der Waals surface area contributed by atoms with E-state index in [1.807, 2.05) is 41.3 Å². The fourth-order valence-electron chi connectivity index (χ4n) is 4.17. The van der Waals surface area contributed by atoms with Crippen LogP contribution in [0.2, 0.25) is 5.02 Å². The predicted molar refractivity (Wildman–Crippen MR) is 130 cm³/mol. The molecule has 7 heteroatoms. The number of benzene rings is 2. The third-order valence-electron chi connectivity index (χ3n) is 5.94. The Hall–Kier alpha value is -2.83. The molecule has 0 atom stereocenters. The summed E-state index contributed by atoms with van der Waals surface area (Å²) in [5.41, 5.74) is 3.23. The molecule has 1 aromatic heterocycles. The highest BCUT2D eigenvalue weighted by atomic mass is 35.5. The first-order valence-corrected chi connectivity index (χ1v) is 11.3. The largest absolute Gasteiger partial charge is 0.496 e. The van der Waals surface area contributed by atoms with Crippen molar-refractivity contribution in [1.82, 2.24) is 15.2 Å². The summed E-state index contributed by atoms with van der Waals surface area (Å²) in [6.07, 6.45) is 0.882. The summed E-state index contributed by atoms with van der Waals surface area (Å²) >= 11 is 6.22. The lowest BCUT2D eigenvalue weighted by molar-refractivity contribution is -0.129. The fraction of sp³-hybridized carbons (Fsp3) is 0.360. The number of ether oxygens (including phenoxy) is 1. The third kappa shape index (κ3) is 5.14. The van der Waals surface area contributed by atoms with Crippen LogP contribution in [0.1, 0.15) is 18.1 Å². The number of methoxy groups -OCH3 is 1. The van der Waals surface area contributed by atoms with Crippen molar-refractivity contribution >= 4 is 34.2 Å². The Labute approximate surface area is 194 Å². The smallest absolute Gasteiger partial charge is 0.219 e. The number of rotatable bonds is 7. The monoisotopic (exact) mass is 452 g/mol. The van der Waals surface area contributed by atoms with Crippen LogP contribution in [0.4, 0.5) is 5.82 Å². The minimum absolute atomic E-state index is 0.126. The van der Waals surface area contributed by atoms with E-state index in [4.69, 9.17) is 21.3 Å². The summed E-state index contributed by atoms with van der Waals surface area (Å²) < 4.78 is 5.46. The lowest BCUT2D eigenvalue weighted by Crippen LogP contribution is -2.48.